The molecule has 4 atom stereocenters. The highest BCUT2D eigenvalue weighted by atomic mass is 31.2. The SMILES string of the molecule is Cc1cn([C@H]2C=C[C@@H](COP(=O)(O)N[C@@H](CC(=O)O)C(=O)O)O2)c(=O)[nH]c1=O. The van der Waals surface area contributed by atoms with Crippen LogP contribution in [0.3, 0.4) is 0 Å². The molecular formula is C14H18N3O10P. The van der Waals surface area contributed by atoms with Crippen LogP contribution >= 0.6 is 7.75 Å². The van der Waals surface area contributed by atoms with E-state index in [1.54, 1.807) is 5.09 Å². The molecule has 1 aliphatic rings. The largest absolute Gasteiger partial charge is 0.481 e. The molecule has 0 spiro atoms. The summed E-state index contributed by atoms with van der Waals surface area (Å²) >= 11 is 0. The summed E-state index contributed by atoms with van der Waals surface area (Å²) in [5.74, 6) is -3.11. The first kappa shape index (κ1) is 21.7. The highest BCUT2D eigenvalue weighted by Gasteiger charge is 2.32. The summed E-state index contributed by atoms with van der Waals surface area (Å²) < 4.78 is 23.3. The van der Waals surface area contributed by atoms with Crippen LogP contribution in [-0.4, -0.2) is 55.3 Å². The molecule has 0 aromatic carbocycles. The van der Waals surface area contributed by atoms with Gasteiger partial charge in [-0.3, -0.25) is 28.5 Å². The Morgan fingerprint density at radius 2 is 2.07 bits per heavy atom. The fraction of sp³-hybridized carbons (Fsp3) is 0.429. The Hall–Kier alpha value is -2.57. The minimum absolute atomic E-state index is 0.276. The number of aryl methyl sites for hydroxylation is 1. The first-order valence-corrected chi connectivity index (χ1v) is 9.42. The van der Waals surface area contributed by atoms with Gasteiger partial charge in [-0.05, 0) is 13.0 Å². The third-order valence-corrected chi connectivity index (χ3v) is 4.77. The molecule has 1 aromatic rings. The van der Waals surface area contributed by atoms with E-state index >= 15 is 0 Å². The van der Waals surface area contributed by atoms with Crippen LogP contribution < -0.4 is 16.3 Å². The zero-order chi connectivity index (χ0) is 21.1. The summed E-state index contributed by atoms with van der Waals surface area (Å²) in [5, 5.41) is 19.3. The van der Waals surface area contributed by atoms with Crippen molar-refractivity contribution in [3.63, 3.8) is 0 Å². The van der Waals surface area contributed by atoms with E-state index in [0.29, 0.717) is 0 Å². The first-order valence-electron chi connectivity index (χ1n) is 7.84. The van der Waals surface area contributed by atoms with Gasteiger partial charge in [-0.25, -0.2) is 14.4 Å². The third-order valence-electron chi connectivity index (χ3n) is 3.63. The summed E-state index contributed by atoms with van der Waals surface area (Å²) in [7, 11) is -4.65. The lowest BCUT2D eigenvalue weighted by Gasteiger charge is -2.20. The number of carbonyl (C=O) groups is 2. The van der Waals surface area contributed by atoms with Gasteiger partial charge in [0.2, 0.25) is 0 Å². The minimum Gasteiger partial charge on any atom is -0.481 e. The number of nitrogens with one attached hydrogen (secondary N) is 2. The lowest BCUT2D eigenvalue weighted by atomic mass is 10.2. The van der Waals surface area contributed by atoms with Crippen LogP contribution in [0.2, 0.25) is 0 Å². The second kappa shape index (κ2) is 8.63. The van der Waals surface area contributed by atoms with E-state index in [9.17, 15) is 28.6 Å². The van der Waals surface area contributed by atoms with Crippen LogP contribution in [-0.2, 0) is 23.4 Å². The predicted molar refractivity (Wildman–Crippen MR) is 91.7 cm³/mol. The van der Waals surface area contributed by atoms with Gasteiger partial charge in [0.05, 0.1) is 13.0 Å². The van der Waals surface area contributed by atoms with Crippen molar-refractivity contribution in [2.24, 2.45) is 0 Å². The molecule has 1 unspecified atom stereocenters. The van der Waals surface area contributed by atoms with E-state index in [1.165, 1.54) is 25.3 Å². The number of ether oxygens (including phenoxy) is 1. The third kappa shape index (κ3) is 5.71. The molecule has 5 N–H and O–H groups in total. The quantitative estimate of drug-likeness (QED) is 0.241. The topological polar surface area (TPSA) is 197 Å². The molecule has 28 heavy (non-hydrogen) atoms. The highest BCUT2D eigenvalue weighted by Crippen LogP contribution is 2.38. The summed E-state index contributed by atoms with van der Waals surface area (Å²) in [6.45, 7) is 1.02. The van der Waals surface area contributed by atoms with Crippen molar-refractivity contribution < 1.29 is 38.5 Å². The summed E-state index contributed by atoms with van der Waals surface area (Å²) in [6, 6.07) is -1.83. The van der Waals surface area contributed by atoms with Gasteiger partial charge >= 0.3 is 25.4 Å². The number of aromatic amines is 1. The predicted octanol–water partition coefficient (Wildman–Crippen LogP) is -1.07. The number of aromatic nitrogens is 2. The van der Waals surface area contributed by atoms with Crippen molar-refractivity contribution in [2.75, 3.05) is 6.61 Å². The number of aliphatic carboxylic acids is 2. The average molecular weight is 419 g/mol. The van der Waals surface area contributed by atoms with E-state index in [2.05, 4.69) is 4.98 Å². The smallest absolute Gasteiger partial charge is 0.403 e. The molecule has 0 radical (unpaired) electrons. The zero-order valence-electron chi connectivity index (χ0n) is 14.5. The molecule has 0 bridgehead atoms. The monoisotopic (exact) mass is 419 g/mol. The Balaban J connectivity index is 1.96. The maximum absolute atomic E-state index is 11.9. The Morgan fingerprint density at radius 3 is 2.68 bits per heavy atom. The standard InChI is InChI=1S/C14H18N3O10P/c1-7-5-17(14(23)15-12(7)20)10-3-2-8(27-10)6-26-28(24,25)16-9(13(21)22)4-11(18)19/h2-3,5,8-10H,4,6H2,1H3,(H,18,19)(H,21,22)(H,15,20,23)(H2,16,24,25)/t8-,9-,10+/m0/s1. The van der Waals surface area contributed by atoms with Gasteiger partial charge in [0.15, 0.2) is 6.23 Å². The average Bonchev–Trinajstić information content (AvgIpc) is 3.04. The van der Waals surface area contributed by atoms with Gasteiger partial charge in [-0.2, -0.15) is 0 Å². The fourth-order valence-corrected chi connectivity index (χ4v) is 3.31. The summed E-state index contributed by atoms with van der Waals surface area (Å²) in [5.41, 5.74) is -0.970. The van der Waals surface area contributed by atoms with Crippen molar-refractivity contribution in [3.8, 4) is 0 Å². The minimum atomic E-state index is -4.65. The van der Waals surface area contributed by atoms with Gasteiger partial charge in [-0.1, -0.05) is 6.08 Å². The van der Waals surface area contributed by atoms with Crippen LogP contribution in [0, 0.1) is 6.92 Å². The molecule has 154 valence electrons. The Morgan fingerprint density at radius 1 is 1.39 bits per heavy atom. The van der Waals surface area contributed by atoms with Crippen LogP contribution in [0.1, 0.15) is 18.2 Å². The number of hydrogen-bond acceptors (Lipinski definition) is 7. The highest BCUT2D eigenvalue weighted by molar-refractivity contribution is 7.50. The Kier molecular flexibility index (Phi) is 6.69. The lowest BCUT2D eigenvalue weighted by Crippen LogP contribution is -2.37. The van der Waals surface area contributed by atoms with E-state index in [0.717, 1.165) is 4.57 Å². The number of hydrogen-bond donors (Lipinski definition) is 5. The molecule has 2 heterocycles. The van der Waals surface area contributed by atoms with E-state index < -0.39 is 62.3 Å². The van der Waals surface area contributed by atoms with Crippen molar-refractivity contribution >= 4 is 19.7 Å². The maximum atomic E-state index is 11.9. The lowest BCUT2D eigenvalue weighted by molar-refractivity contribution is -0.145. The van der Waals surface area contributed by atoms with E-state index in [4.69, 9.17) is 19.5 Å². The van der Waals surface area contributed by atoms with Crippen molar-refractivity contribution in [1.29, 1.82) is 0 Å². The second-order valence-electron chi connectivity index (χ2n) is 5.86. The molecule has 2 rings (SSSR count). The molecule has 1 aliphatic heterocycles. The van der Waals surface area contributed by atoms with E-state index in [-0.39, 0.29) is 5.56 Å². The normalized spacial score (nSPS) is 21.9. The molecule has 0 fully saturated rings. The van der Waals surface area contributed by atoms with Gasteiger partial charge in [0.1, 0.15) is 12.1 Å². The van der Waals surface area contributed by atoms with Gasteiger partial charge in [-0.15, -0.1) is 0 Å². The molecule has 0 saturated carbocycles. The van der Waals surface area contributed by atoms with Crippen LogP contribution in [0.15, 0.2) is 27.9 Å². The first-order chi connectivity index (χ1) is 13.0. The van der Waals surface area contributed by atoms with Crippen LogP contribution in [0.5, 0.6) is 0 Å². The van der Waals surface area contributed by atoms with Crippen LogP contribution in [0.4, 0.5) is 0 Å². The van der Waals surface area contributed by atoms with Gasteiger partial charge in [0, 0.05) is 11.8 Å². The molecule has 13 nitrogen and oxygen atoms in total. The van der Waals surface area contributed by atoms with Gasteiger partial charge < -0.3 is 19.8 Å². The van der Waals surface area contributed by atoms with Crippen LogP contribution in [0.25, 0.3) is 0 Å². The molecule has 0 aliphatic carbocycles. The van der Waals surface area contributed by atoms with E-state index in [1.807, 2.05) is 0 Å². The molecular weight excluding hydrogens is 401 g/mol. The number of H-pyrrole nitrogens is 1. The Labute approximate surface area is 156 Å². The number of carboxylic acids is 2. The van der Waals surface area contributed by atoms with Crippen molar-refractivity contribution in [2.45, 2.75) is 31.7 Å². The summed E-state index contributed by atoms with van der Waals surface area (Å²) in [6.07, 6.45) is 1.54. The number of nitrogens with zero attached hydrogens (tertiary/aromatic N) is 1. The van der Waals surface area contributed by atoms with Gasteiger partial charge in [0.25, 0.3) is 5.56 Å². The van der Waals surface area contributed by atoms with Crippen molar-refractivity contribution in [3.05, 3.63) is 44.8 Å². The van der Waals surface area contributed by atoms with Crippen molar-refractivity contribution in [1.82, 2.24) is 14.6 Å². The number of carboxylic acid groups (broad SMARTS) is 2. The molecule has 0 saturated heterocycles. The second-order valence-corrected chi connectivity index (χ2v) is 7.42. The summed E-state index contributed by atoms with van der Waals surface area (Å²) in [4.78, 5) is 56.6. The number of rotatable bonds is 9. The molecule has 0 amide bonds. The maximum Gasteiger partial charge on any atom is 0.403 e. The fourth-order valence-electron chi connectivity index (χ4n) is 2.29. The Bertz CT molecular complexity index is 951. The molecule has 14 heteroatoms. The molecule has 1 aromatic heterocycles. The zero-order valence-corrected chi connectivity index (χ0v) is 15.4.